The molecule has 3 N–H and O–H groups in total. The first-order valence-electron chi connectivity index (χ1n) is 3.25. The van der Waals surface area contributed by atoms with Gasteiger partial charge in [0.05, 0.1) is 5.69 Å². The van der Waals surface area contributed by atoms with Gasteiger partial charge in [-0.1, -0.05) is 0 Å². The highest BCUT2D eigenvalue weighted by atomic mass is 15.3. The number of nitrogens with two attached hydrogens (primary N) is 1. The highest BCUT2D eigenvalue weighted by molar-refractivity contribution is 4.96. The summed E-state index contributed by atoms with van der Waals surface area (Å²) in [5.41, 5.74) is 1.02. The maximum absolute atomic E-state index is 5.38. The molecular formula is C6H12N4. The number of nitrogens with one attached hydrogen (secondary N) is 1. The molecule has 0 saturated heterocycles. The lowest BCUT2D eigenvalue weighted by atomic mass is 10.3. The molecule has 1 heterocycles. The molecule has 0 saturated carbocycles. The molecule has 0 atom stereocenters. The number of nitrogen functional groups attached to an aromatic ring is 1. The number of hydrogen-bond donors (Lipinski definition) is 2. The molecule has 0 aliphatic heterocycles. The largest absolute Gasteiger partial charge is 0.338 e. The first-order valence-corrected chi connectivity index (χ1v) is 3.25. The van der Waals surface area contributed by atoms with Gasteiger partial charge < -0.3 is 11.2 Å². The second-order valence-corrected chi connectivity index (χ2v) is 2.17. The van der Waals surface area contributed by atoms with E-state index in [1.807, 2.05) is 13.2 Å². The van der Waals surface area contributed by atoms with E-state index in [2.05, 4.69) is 10.3 Å². The van der Waals surface area contributed by atoms with Crippen LogP contribution in [0.25, 0.3) is 0 Å². The number of aromatic nitrogens is 2. The summed E-state index contributed by atoms with van der Waals surface area (Å²) in [6.07, 6.45) is 4.35. The predicted molar refractivity (Wildman–Crippen MR) is 40.0 cm³/mol. The molecule has 1 rings (SSSR count). The first-order chi connectivity index (χ1) is 4.83. The monoisotopic (exact) mass is 140 g/mol. The summed E-state index contributed by atoms with van der Waals surface area (Å²) in [4.78, 5) is 4.05. The molecule has 0 spiro atoms. The van der Waals surface area contributed by atoms with E-state index in [1.54, 1.807) is 6.33 Å². The molecule has 0 bridgehead atoms. The van der Waals surface area contributed by atoms with Gasteiger partial charge in [0.25, 0.3) is 0 Å². The lowest BCUT2D eigenvalue weighted by Crippen LogP contribution is -2.10. The standard InChI is InChI=1S/C6H12N4/c1-8-3-2-6-4-10(7)5-9-6/h4-5,8H,2-3,7H2,1H3. The van der Waals surface area contributed by atoms with Gasteiger partial charge >= 0.3 is 0 Å². The average Bonchev–Trinajstić information content (AvgIpc) is 2.31. The highest BCUT2D eigenvalue weighted by Crippen LogP contribution is 1.91. The number of imidazole rings is 1. The van der Waals surface area contributed by atoms with Crippen molar-refractivity contribution in [2.75, 3.05) is 19.4 Å². The summed E-state index contributed by atoms with van der Waals surface area (Å²) in [5.74, 6) is 5.38. The molecule has 0 aromatic carbocycles. The maximum atomic E-state index is 5.38. The van der Waals surface area contributed by atoms with Crippen molar-refractivity contribution in [2.24, 2.45) is 0 Å². The summed E-state index contributed by atoms with van der Waals surface area (Å²) in [5, 5.41) is 3.04. The molecule has 0 radical (unpaired) electrons. The third-order valence-electron chi connectivity index (χ3n) is 1.29. The highest BCUT2D eigenvalue weighted by Gasteiger charge is 1.93. The fraction of sp³-hybridized carbons (Fsp3) is 0.500. The van der Waals surface area contributed by atoms with Crippen molar-refractivity contribution < 1.29 is 0 Å². The van der Waals surface area contributed by atoms with Gasteiger partial charge in [0.2, 0.25) is 0 Å². The van der Waals surface area contributed by atoms with E-state index < -0.39 is 0 Å². The van der Waals surface area contributed by atoms with Gasteiger partial charge in [-0.15, -0.1) is 0 Å². The molecule has 4 nitrogen and oxygen atoms in total. The van der Waals surface area contributed by atoms with Crippen LogP contribution in [0.15, 0.2) is 12.5 Å². The second-order valence-electron chi connectivity index (χ2n) is 2.17. The molecule has 0 fully saturated rings. The van der Waals surface area contributed by atoms with Gasteiger partial charge in [0, 0.05) is 19.2 Å². The molecule has 1 aromatic heterocycles. The third-order valence-corrected chi connectivity index (χ3v) is 1.29. The van der Waals surface area contributed by atoms with Crippen LogP contribution in [0, 0.1) is 0 Å². The van der Waals surface area contributed by atoms with Crippen LogP contribution in [-0.4, -0.2) is 23.3 Å². The lowest BCUT2D eigenvalue weighted by Gasteiger charge is -1.92. The quantitative estimate of drug-likeness (QED) is 0.549. The van der Waals surface area contributed by atoms with Crippen LogP contribution in [0.3, 0.4) is 0 Å². The Kier molecular flexibility index (Phi) is 2.28. The Hall–Kier alpha value is -1.03. The van der Waals surface area contributed by atoms with Gasteiger partial charge in [-0.2, -0.15) is 0 Å². The zero-order valence-corrected chi connectivity index (χ0v) is 6.04. The van der Waals surface area contributed by atoms with Crippen LogP contribution in [-0.2, 0) is 6.42 Å². The fourth-order valence-electron chi connectivity index (χ4n) is 0.762. The first kappa shape index (κ1) is 7.08. The second kappa shape index (κ2) is 3.22. The van der Waals surface area contributed by atoms with Gasteiger partial charge in [0.1, 0.15) is 6.33 Å². The maximum Gasteiger partial charge on any atom is 0.114 e. The van der Waals surface area contributed by atoms with Crippen LogP contribution in [0.2, 0.25) is 0 Å². The van der Waals surface area contributed by atoms with E-state index in [0.29, 0.717) is 0 Å². The van der Waals surface area contributed by atoms with Crippen molar-refractivity contribution in [1.82, 2.24) is 15.0 Å². The molecule has 0 aliphatic rings. The Bertz CT molecular complexity index is 193. The Morgan fingerprint density at radius 2 is 2.60 bits per heavy atom. The van der Waals surface area contributed by atoms with Crippen LogP contribution >= 0.6 is 0 Å². The van der Waals surface area contributed by atoms with Crippen LogP contribution < -0.4 is 11.2 Å². The van der Waals surface area contributed by atoms with Crippen molar-refractivity contribution in [3.63, 3.8) is 0 Å². The number of likely N-dealkylation sites (N-methyl/N-ethyl adjacent to an activating group) is 1. The van der Waals surface area contributed by atoms with E-state index in [4.69, 9.17) is 5.84 Å². The summed E-state index contributed by atoms with van der Waals surface area (Å²) >= 11 is 0. The molecule has 0 amide bonds. The van der Waals surface area contributed by atoms with E-state index in [-0.39, 0.29) is 0 Å². The van der Waals surface area contributed by atoms with Gasteiger partial charge in [-0.25, -0.2) is 4.98 Å². The minimum absolute atomic E-state index is 0.931. The van der Waals surface area contributed by atoms with E-state index >= 15 is 0 Å². The minimum atomic E-state index is 0.931. The molecule has 0 aliphatic carbocycles. The van der Waals surface area contributed by atoms with E-state index in [1.165, 1.54) is 4.68 Å². The molecule has 0 unspecified atom stereocenters. The number of rotatable bonds is 3. The van der Waals surface area contributed by atoms with Crippen LogP contribution in [0.4, 0.5) is 0 Å². The van der Waals surface area contributed by atoms with Crippen molar-refractivity contribution in [1.29, 1.82) is 0 Å². The van der Waals surface area contributed by atoms with Crippen molar-refractivity contribution >= 4 is 0 Å². The Morgan fingerprint density at radius 3 is 3.10 bits per heavy atom. The predicted octanol–water partition coefficient (Wildman–Crippen LogP) is -0.641. The molecular weight excluding hydrogens is 128 g/mol. The van der Waals surface area contributed by atoms with Crippen LogP contribution in [0.1, 0.15) is 5.69 Å². The van der Waals surface area contributed by atoms with Crippen LogP contribution in [0.5, 0.6) is 0 Å². The third kappa shape index (κ3) is 1.73. The lowest BCUT2D eigenvalue weighted by molar-refractivity contribution is 0.779. The smallest absolute Gasteiger partial charge is 0.114 e. The topological polar surface area (TPSA) is 55.9 Å². The molecule has 56 valence electrons. The SMILES string of the molecule is CNCCc1cn(N)cn1. The van der Waals surface area contributed by atoms with Crippen molar-refractivity contribution in [3.8, 4) is 0 Å². The summed E-state index contributed by atoms with van der Waals surface area (Å²) in [6.45, 7) is 0.941. The molecule has 4 heteroatoms. The normalized spacial score (nSPS) is 10.1. The van der Waals surface area contributed by atoms with Gasteiger partial charge in [0.15, 0.2) is 0 Å². The zero-order chi connectivity index (χ0) is 7.40. The van der Waals surface area contributed by atoms with Gasteiger partial charge in [-0.3, -0.25) is 4.68 Å². The van der Waals surface area contributed by atoms with Gasteiger partial charge in [-0.05, 0) is 7.05 Å². The van der Waals surface area contributed by atoms with Crippen molar-refractivity contribution in [2.45, 2.75) is 6.42 Å². The van der Waals surface area contributed by atoms with E-state index in [0.717, 1.165) is 18.7 Å². The number of nitrogens with zero attached hydrogens (tertiary/aromatic N) is 2. The minimum Gasteiger partial charge on any atom is -0.338 e. The summed E-state index contributed by atoms with van der Waals surface area (Å²) < 4.78 is 1.46. The Morgan fingerprint density at radius 1 is 1.80 bits per heavy atom. The van der Waals surface area contributed by atoms with Crippen molar-refractivity contribution in [3.05, 3.63) is 18.2 Å². The summed E-state index contributed by atoms with van der Waals surface area (Å²) in [6, 6.07) is 0. The van der Waals surface area contributed by atoms with E-state index in [9.17, 15) is 0 Å². The molecule has 10 heavy (non-hydrogen) atoms. The average molecular weight is 140 g/mol. The molecule has 1 aromatic rings. The fourth-order valence-corrected chi connectivity index (χ4v) is 0.762. The number of hydrogen-bond acceptors (Lipinski definition) is 3. The Balaban J connectivity index is 2.42. The summed E-state index contributed by atoms with van der Waals surface area (Å²) in [7, 11) is 1.92. The zero-order valence-electron chi connectivity index (χ0n) is 6.04. The Labute approximate surface area is 60.0 Å².